The van der Waals surface area contributed by atoms with Crippen LogP contribution in [0.1, 0.15) is 10.5 Å². The third-order valence-corrected chi connectivity index (χ3v) is 4.05. The molecule has 9 nitrogen and oxygen atoms in total. The van der Waals surface area contributed by atoms with Crippen molar-refractivity contribution < 1.29 is 9.90 Å². The van der Waals surface area contributed by atoms with E-state index in [0.717, 1.165) is 4.70 Å². The molecule has 0 unspecified atom stereocenters. The van der Waals surface area contributed by atoms with Crippen molar-refractivity contribution in [3.8, 4) is 17.9 Å². The van der Waals surface area contributed by atoms with Gasteiger partial charge in [0.2, 0.25) is 5.71 Å². The molecule has 2 heterocycles. The van der Waals surface area contributed by atoms with Crippen LogP contribution in [0.2, 0.25) is 0 Å². The van der Waals surface area contributed by atoms with Crippen molar-refractivity contribution in [2.24, 2.45) is 5.10 Å². The normalized spacial score (nSPS) is 9.77. The molecule has 126 valence electrons. The number of anilines is 2. The molecular weight excluding hydrogens is 354 g/mol. The van der Waals surface area contributed by atoms with Crippen molar-refractivity contribution >= 4 is 44.0 Å². The van der Waals surface area contributed by atoms with Crippen molar-refractivity contribution in [1.82, 2.24) is 9.97 Å². The maximum absolute atomic E-state index is 12.2. The monoisotopic (exact) mass is 363 g/mol. The van der Waals surface area contributed by atoms with Gasteiger partial charge in [0.15, 0.2) is 10.8 Å². The SMILES string of the molecule is N#CC(C#N)=NNc1ccc2nc(NC(=O)c3ncccc3O)sc2c1. The summed E-state index contributed by atoms with van der Waals surface area (Å²) >= 11 is 1.22. The van der Waals surface area contributed by atoms with Gasteiger partial charge in [-0.15, -0.1) is 0 Å². The Bertz CT molecular complexity index is 1090. The Morgan fingerprint density at radius 2 is 2.08 bits per heavy atom. The Balaban J connectivity index is 1.81. The number of hydrogen-bond donors (Lipinski definition) is 3. The highest BCUT2D eigenvalue weighted by Crippen LogP contribution is 2.29. The van der Waals surface area contributed by atoms with E-state index >= 15 is 0 Å². The molecule has 0 aliphatic rings. The quantitative estimate of drug-likeness (QED) is 0.476. The number of aromatic nitrogens is 2. The average Bonchev–Trinajstić information content (AvgIpc) is 3.04. The molecule has 0 saturated carbocycles. The highest BCUT2D eigenvalue weighted by Gasteiger charge is 2.14. The molecule has 10 heteroatoms. The van der Waals surface area contributed by atoms with E-state index in [-0.39, 0.29) is 17.2 Å². The lowest BCUT2D eigenvalue weighted by Gasteiger charge is -2.01. The minimum Gasteiger partial charge on any atom is -0.505 e. The number of pyridine rings is 1. The number of benzene rings is 1. The second-order valence-electron chi connectivity index (χ2n) is 4.82. The van der Waals surface area contributed by atoms with Gasteiger partial charge < -0.3 is 5.11 Å². The summed E-state index contributed by atoms with van der Waals surface area (Å²) in [5.74, 6) is -0.793. The lowest BCUT2D eigenvalue weighted by atomic mass is 10.3. The Hall–Kier alpha value is -4.02. The molecule has 0 spiro atoms. The minimum atomic E-state index is -0.571. The first-order chi connectivity index (χ1) is 12.6. The molecule has 3 aromatic rings. The lowest BCUT2D eigenvalue weighted by Crippen LogP contribution is -2.13. The zero-order valence-electron chi connectivity index (χ0n) is 13.0. The van der Waals surface area contributed by atoms with Gasteiger partial charge in [0.25, 0.3) is 5.91 Å². The summed E-state index contributed by atoms with van der Waals surface area (Å²) in [6.07, 6.45) is 1.40. The number of fused-ring (bicyclic) bond motifs is 1. The number of carbonyl (C=O) groups is 1. The number of nitrogens with zero attached hydrogens (tertiary/aromatic N) is 5. The number of nitriles is 2. The number of thiazole rings is 1. The maximum atomic E-state index is 12.2. The maximum Gasteiger partial charge on any atom is 0.279 e. The number of hydrazone groups is 1. The predicted molar refractivity (Wildman–Crippen MR) is 95.8 cm³/mol. The third-order valence-electron chi connectivity index (χ3n) is 3.12. The summed E-state index contributed by atoms with van der Waals surface area (Å²) in [4.78, 5) is 20.3. The van der Waals surface area contributed by atoms with Gasteiger partial charge in [0, 0.05) is 6.20 Å². The molecule has 1 aromatic carbocycles. The van der Waals surface area contributed by atoms with Crippen molar-refractivity contribution in [3.63, 3.8) is 0 Å². The van der Waals surface area contributed by atoms with Gasteiger partial charge in [-0.05, 0) is 30.3 Å². The van der Waals surface area contributed by atoms with Gasteiger partial charge >= 0.3 is 0 Å². The molecule has 1 amide bonds. The number of carbonyl (C=O) groups excluding carboxylic acids is 1. The van der Waals surface area contributed by atoms with Gasteiger partial charge in [-0.25, -0.2) is 9.97 Å². The van der Waals surface area contributed by atoms with Gasteiger partial charge in [-0.2, -0.15) is 15.6 Å². The largest absolute Gasteiger partial charge is 0.505 e. The van der Waals surface area contributed by atoms with Crippen LogP contribution in [0.5, 0.6) is 5.75 Å². The molecular formula is C16H9N7O2S. The van der Waals surface area contributed by atoms with Gasteiger partial charge in [-0.3, -0.25) is 15.5 Å². The predicted octanol–water partition coefficient (Wildman–Crippen LogP) is 2.46. The summed E-state index contributed by atoms with van der Waals surface area (Å²) in [7, 11) is 0. The fourth-order valence-corrected chi connectivity index (χ4v) is 2.87. The molecule has 2 aromatic heterocycles. The Kier molecular flexibility index (Phi) is 4.69. The summed E-state index contributed by atoms with van der Waals surface area (Å²) < 4.78 is 0.751. The fraction of sp³-hybridized carbons (Fsp3) is 0. The molecule has 0 aliphatic heterocycles. The van der Waals surface area contributed by atoms with Crippen LogP contribution < -0.4 is 10.7 Å². The summed E-state index contributed by atoms with van der Waals surface area (Å²) in [6, 6.07) is 11.3. The van der Waals surface area contributed by atoms with E-state index < -0.39 is 5.91 Å². The number of aromatic hydroxyl groups is 1. The lowest BCUT2D eigenvalue weighted by molar-refractivity contribution is 0.101. The van der Waals surface area contributed by atoms with E-state index in [1.807, 2.05) is 0 Å². The van der Waals surface area contributed by atoms with Gasteiger partial charge in [-0.1, -0.05) is 11.3 Å². The van der Waals surface area contributed by atoms with E-state index in [2.05, 4.69) is 25.8 Å². The molecule has 0 aliphatic carbocycles. The molecule has 0 radical (unpaired) electrons. The van der Waals surface area contributed by atoms with E-state index in [1.54, 1.807) is 30.3 Å². The van der Waals surface area contributed by atoms with Crippen molar-refractivity contribution in [3.05, 3.63) is 42.2 Å². The van der Waals surface area contributed by atoms with Crippen molar-refractivity contribution in [2.45, 2.75) is 0 Å². The van der Waals surface area contributed by atoms with E-state index in [0.29, 0.717) is 16.3 Å². The smallest absolute Gasteiger partial charge is 0.279 e. The fourth-order valence-electron chi connectivity index (χ4n) is 1.97. The van der Waals surface area contributed by atoms with Crippen LogP contribution in [-0.4, -0.2) is 26.7 Å². The number of amides is 1. The molecule has 3 rings (SSSR count). The topological polar surface area (TPSA) is 147 Å². The van der Waals surface area contributed by atoms with E-state index in [9.17, 15) is 9.90 Å². The zero-order valence-corrected chi connectivity index (χ0v) is 13.8. The van der Waals surface area contributed by atoms with Crippen LogP contribution in [0.25, 0.3) is 10.2 Å². The first-order valence-corrected chi connectivity index (χ1v) is 7.92. The molecule has 0 atom stereocenters. The highest BCUT2D eigenvalue weighted by molar-refractivity contribution is 7.22. The van der Waals surface area contributed by atoms with Gasteiger partial charge in [0.05, 0.1) is 15.9 Å². The molecule has 3 N–H and O–H groups in total. The first-order valence-electron chi connectivity index (χ1n) is 7.10. The second-order valence-corrected chi connectivity index (χ2v) is 5.85. The average molecular weight is 363 g/mol. The Labute approximate surface area is 150 Å². The summed E-state index contributed by atoms with van der Waals surface area (Å²) in [5, 5.41) is 33.6. The third kappa shape index (κ3) is 3.56. The summed E-state index contributed by atoms with van der Waals surface area (Å²) in [6.45, 7) is 0. The highest BCUT2D eigenvalue weighted by atomic mass is 32.1. The van der Waals surface area contributed by atoms with E-state index in [4.69, 9.17) is 10.5 Å². The second kappa shape index (κ2) is 7.25. The Morgan fingerprint density at radius 1 is 1.27 bits per heavy atom. The van der Waals surface area contributed by atoms with Gasteiger partial charge in [0.1, 0.15) is 17.9 Å². The molecule has 0 saturated heterocycles. The minimum absolute atomic E-state index is 0.0935. The zero-order chi connectivity index (χ0) is 18.5. The number of hydrogen-bond acceptors (Lipinski definition) is 9. The van der Waals surface area contributed by atoms with Crippen LogP contribution in [-0.2, 0) is 0 Å². The molecule has 0 fully saturated rings. The van der Waals surface area contributed by atoms with Crippen molar-refractivity contribution in [1.29, 1.82) is 10.5 Å². The number of nitrogens with one attached hydrogen (secondary N) is 2. The molecule has 26 heavy (non-hydrogen) atoms. The first kappa shape index (κ1) is 16.8. The van der Waals surface area contributed by atoms with Crippen molar-refractivity contribution in [2.75, 3.05) is 10.7 Å². The van der Waals surface area contributed by atoms with Crippen LogP contribution in [0.3, 0.4) is 0 Å². The summed E-state index contributed by atoms with van der Waals surface area (Å²) in [5.41, 5.74) is 3.43. The molecule has 0 bridgehead atoms. The Morgan fingerprint density at radius 3 is 2.81 bits per heavy atom. The van der Waals surface area contributed by atoms with Crippen LogP contribution in [0.15, 0.2) is 41.6 Å². The van der Waals surface area contributed by atoms with Crippen LogP contribution in [0.4, 0.5) is 10.8 Å². The van der Waals surface area contributed by atoms with E-state index in [1.165, 1.54) is 29.7 Å². The standard InChI is InChI=1S/C16H9N7O2S/c17-7-10(8-18)23-22-9-3-4-11-13(6-9)26-16(20-11)21-15(25)14-12(24)2-1-5-19-14/h1-6,22,24H,(H,20,21,25). The van der Waals surface area contributed by atoms with Crippen LogP contribution in [0, 0.1) is 22.7 Å². The van der Waals surface area contributed by atoms with Crippen LogP contribution >= 0.6 is 11.3 Å². The number of rotatable bonds is 4.